The number of carboxylic acid groups (broad SMARTS) is 1. The minimum absolute atomic E-state index is 0.0335. The van der Waals surface area contributed by atoms with Gasteiger partial charge in [0.25, 0.3) is 0 Å². The highest BCUT2D eigenvalue weighted by atomic mass is 19.1. The van der Waals surface area contributed by atoms with Gasteiger partial charge in [-0.1, -0.05) is 42.0 Å². The lowest BCUT2D eigenvalue weighted by Gasteiger charge is -2.32. The van der Waals surface area contributed by atoms with Crippen LogP contribution in [0.3, 0.4) is 0 Å². The molecule has 2 aromatic rings. The molecule has 1 atom stereocenters. The van der Waals surface area contributed by atoms with Gasteiger partial charge in [-0.2, -0.15) is 0 Å². The molecule has 1 saturated heterocycles. The van der Waals surface area contributed by atoms with Crippen LogP contribution < -0.4 is 5.32 Å². The van der Waals surface area contributed by atoms with Crippen LogP contribution in [0, 0.1) is 18.7 Å². The third-order valence-electron chi connectivity index (χ3n) is 6.15. The van der Waals surface area contributed by atoms with Crippen molar-refractivity contribution < 1.29 is 23.9 Å². The molecular weight excluding hydrogens is 423 g/mol. The number of benzene rings is 2. The number of rotatable bonds is 9. The number of hydrogen-bond acceptors (Lipinski definition) is 3. The lowest BCUT2D eigenvalue weighted by molar-refractivity contribution is -0.142. The first-order chi connectivity index (χ1) is 15.8. The summed E-state index contributed by atoms with van der Waals surface area (Å²) in [5.74, 6) is -1.48. The van der Waals surface area contributed by atoms with E-state index < -0.39 is 12.0 Å². The fourth-order valence-electron chi connectivity index (χ4n) is 4.16. The molecule has 1 fully saturated rings. The molecule has 33 heavy (non-hydrogen) atoms. The van der Waals surface area contributed by atoms with Crippen molar-refractivity contribution in [2.24, 2.45) is 5.92 Å². The summed E-state index contributed by atoms with van der Waals surface area (Å²) in [5, 5.41) is 12.2. The Labute approximate surface area is 193 Å². The summed E-state index contributed by atoms with van der Waals surface area (Å²) >= 11 is 0. The van der Waals surface area contributed by atoms with E-state index >= 15 is 0 Å². The average Bonchev–Trinajstić information content (AvgIpc) is 2.79. The van der Waals surface area contributed by atoms with Crippen LogP contribution in [-0.2, 0) is 27.2 Å². The van der Waals surface area contributed by atoms with Crippen molar-refractivity contribution in [3.63, 3.8) is 0 Å². The molecule has 2 aromatic carbocycles. The Bertz CT molecular complexity index is 969. The Hall–Kier alpha value is -3.22. The Morgan fingerprint density at radius 1 is 1.09 bits per heavy atom. The molecule has 1 aliphatic rings. The van der Waals surface area contributed by atoms with Crippen molar-refractivity contribution in [3.05, 3.63) is 71.0 Å². The molecule has 1 aliphatic heterocycles. The van der Waals surface area contributed by atoms with E-state index in [2.05, 4.69) is 5.32 Å². The summed E-state index contributed by atoms with van der Waals surface area (Å²) in [5.41, 5.74) is 2.75. The van der Waals surface area contributed by atoms with Crippen molar-refractivity contribution in [1.82, 2.24) is 10.2 Å². The Balaban J connectivity index is 1.41. The van der Waals surface area contributed by atoms with E-state index in [1.54, 1.807) is 11.0 Å². The van der Waals surface area contributed by atoms with Crippen LogP contribution in [0.15, 0.2) is 48.5 Å². The van der Waals surface area contributed by atoms with Crippen LogP contribution >= 0.6 is 0 Å². The lowest BCUT2D eigenvalue weighted by Crippen LogP contribution is -2.44. The average molecular weight is 455 g/mol. The first-order valence-corrected chi connectivity index (χ1v) is 11.4. The third kappa shape index (κ3) is 7.70. The SMILES string of the molecule is Cc1ccc(C[C@H](NC(=O)CC2CCN(C(=O)CCc3cccc(F)c3)CC2)C(=O)O)cc1. The van der Waals surface area contributed by atoms with Gasteiger partial charge >= 0.3 is 5.97 Å². The van der Waals surface area contributed by atoms with Gasteiger partial charge in [-0.15, -0.1) is 0 Å². The number of piperidine rings is 1. The van der Waals surface area contributed by atoms with Gasteiger partial charge in [0.1, 0.15) is 11.9 Å². The summed E-state index contributed by atoms with van der Waals surface area (Å²) < 4.78 is 13.3. The highest BCUT2D eigenvalue weighted by Crippen LogP contribution is 2.21. The van der Waals surface area contributed by atoms with Crippen molar-refractivity contribution >= 4 is 17.8 Å². The van der Waals surface area contributed by atoms with Crippen molar-refractivity contribution in [2.75, 3.05) is 13.1 Å². The second-order valence-corrected chi connectivity index (χ2v) is 8.81. The fourth-order valence-corrected chi connectivity index (χ4v) is 4.16. The smallest absolute Gasteiger partial charge is 0.326 e. The molecule has 7 heteroatoms. The van der Waals surface area contributed by atoms with E-state index in [1.165, 1.54) is 12.1 Å². The minimum atomic E-state index is -1.05. The van der Waals surface area contributed by atoms with E-state index in [1.807, 2.05) is 37.3 Å². The molecular formula is C26H31FN2O4. The molecule has 2 N–H and O–H groups in total. The van der Waals surface area contributed by atoms with E-state index in [0.717, 1.165) is 16.7 Å². The number of nitrogens with zero attached hydrogens (tertiary/aromatic N) is 1. The topological polar surface area (TPSA) is 86.7 Å². The second-order valence-electron chi connectivity index (χ2n) is 8.81. The minimum Gasteiger partial charge on any atom is -0.480 e. The monoisotopic (exact) mass is 454 g/mol. The zero-order valence-electron chi connectivity index (χ0n) is 18.9. The number of carboxylic acids is 1. The fraction of sp³-hybridized carbons (Fsp3) is 0.423. The predicted molar refractivity (Wildman–Crippen MR) is 123 cm³/mol. The van der Waals surface area contributed by atoms with E-state index in [-0.39, 0.29) is 36.4 Å². The Kier molecular flexibility index (Phi) is 8.58. The molecule has 0 spiro atoms. The maximum absolute atomic E-state index is 13.3. The molecule has 0 aliphatic carbocycles. The summed E-state index contributed by atoms with van der Waals surface area (Å²) in [6.45, 7) is 3.11. The number of nitrogens with one attached hydrogen (secondary N) is 1. The highest BCUT2D eigenvalue weighted by Gasteiger charge is 2.26. The molecule has 0 bridgehead atoms. The van der Waals surface area contributed by atoms with Crippen molar-refractivity contribution in [1.29, 1.82) is 0 Å². The number of likely N-dealkylation sites (tertiary alicyclic amines) is 1. The van der Waals surface area contributed by atoms with Crippen LogP contribution in [-0.4, -0.2) is 46.9 Å². The molecule has 2 amide bonds. The zero-order valence-corrected chi connectivity index (χ0v) is 18.9. The largest absolute Gasteiger partial charge is 0.480 e. The number of aliphatic carboxylic acids is 1. The standard InChI is InChI=1S/C26H31FN2O4/c1-18-5-7-20(8-6-18)16-23(26(32)33)28-24(30)17-21-11-13-29(14-12-21)25(31)10-9-19-3-2-4-22(27)15-19/h2-8,15,21,23H,9-14,16-17H2,1H3,(H,28,30)(H,32,33)/t23-/m0/s1. The number of halogens is 1. The molecule has 0 saturated carbocycles. The highest BCUT2D eigenvalue weighted by molar-refractivity contribution is 5.84. The number of carbonyl (C=O) groups excluding carboxylic acids is 2. The van der Waals surface area contributed by atoms with Gasteiger partial charge in [0.05, 0.1) is 0 Å². The molecule has 0 aromatic heterocycles. The number of aryl methyl sites for hydroxylation is 2. The van der Waals surface area contributed by atoms with E-state index in [0.29, 0.717) is 38.8 Å². The van der Waals surface area contributed by atoms with Gasteiger partial charge in [0, 0.05) is 32.4 Å². The van der Waals surface area contributed by atoms with Crippen LogP contribution in [0.1, 0.15) is 42.4 Å². The van der Waals surface area contributed by atoms with Crippen LogP contribution in [0.25, 0.3) is 0 Å². The molecule has 1 heterocycles. The zero-order chi connectivity index (χ0) is 23.8. The summed E-state index contributed by atoms with van der Waals surface area (Å²) in [6, 6.07) is 12.9. The maximum atomic E-state index is 13.3. The van der Waals surface area contributed by atoms with Crippen LogP contribution in [0.5, 0.6) is 0 Å². The molecule has 0 unspecified atom stereocenters. The van der Waals surface area contributed by atoms with Gasteiger partial charge in [-0.3, -0.25) is 9.59 Å². The lowest BCUT2D eigenvalue weighted by atomic mass is 9.92. The molecule has 176 valence electrons. The normalized spacial score (nSPS) is 15.2. The first-order valence-electron chi connectivity index (χ1n) is 11.4. The summed E-state index contributed by atoms with van der Waals surface area (Å²) in [7, 11) is 0. The summed E-state index contributed by atoms with van der Waals surface area (Å²) in [4.78, 5) is 38.4. The van der Waals surface area contributed by atoms with Gasteiger partial charge in [-0.25, -0.2) is 9.18 Å². The van der Waals surface area contributed by atoms with Crippen LogP contribution in [0.2, 0.25) is 0 Å². The van der Waals surface area contributed by atoms with Gasteiger partial charge in [0.2, 0.25) is 11.8 Å². The quantitative estimate of drug-likeness (QED) is 0.607. The third-order valence-corrected chi connectivity index (χ3v) is 6.15. The van der Waals surface area contributed by atoms with E-state index in [4.69, 9.17) is 0 Å². The van der Waals surface area contributed by atoms with Gasteiger partial charge in [0.15, 0.2) is 0 Å². The summed E-state index contributed by atoms with van der Waals surface area (Å²) in [6.07, 6.45) is 2.72. The van der Waals surface area contributed by atoms with Crippen molar-refractivity contribution in [2.45, 2.75) is 51.5 Å². The Morgan fingerprint density at radius 3 is 2.42 bits per heavy atom. The Morgan fingerprint density at radius 2 is 1.79 bits per heavy atom. The maximum Gasteiger partial charge on any atom is 0.326 e. The number of amides is 2. The van der Waals surface area contributed by atoms with Crippen molar-refractivity contribution in [3.8, 4) is 0 Å². The first kappa shape index (κ1) is 24.4. The number of carbonyl (C=O) groups is 3. The van der Waals surface area contributed by atoms with E-state index in [9.17, 15) is 23.9 Å². The number of hydrogen-bond donors (Lipinski definition) is 2. The predicted octanol–water partition coefficient (Wildman–Crippen LogP) is 3.51. The van der Waals surface area contributed by atoms with Gasteiger partial charge in [-0.05, 0) is 55.4 Å². The molecule has 3 rings (SSSR count). The van der Waals surface area contributed by atoms with Gasteiger partial charge < -0.3 is 15.3 Å². The molecule has 0 radical (unpaired) electrons. The van der Waals surface area contributed by atoms with Crippen LogP contribution in [0.4, 0.5) is 4.39 Å². The molecule has 6 nitrogen and oxygen atoms in total. The second kappa shape index (κ2) is 11.6.